The summed E-state index contributed by atoms with van der Waals surface area (Å²) in [6.07, 6.45) is 3.03. The first-order valence-corrected chi connectivity index (χ1v) is 13.3. The Morgan fingerprint density at radius 2 is 1.76 bits per heavy atom. The molecule has 0 radical (unpaired) electrons. The quantitative estimate of drug-likeness (QED) is 0.186. The first-order chi connectivity index (χ1) is 18.3. The molecular formula is C27H28ClN3O6S. The number of sulfonamides is 1. The number of benzene rings is 3. The Kier molecular flexibility index (Phi) is 10.1. The summed E-state index contributed by atoms with van der Waals surface area (Å²) in [6.45, 7) is 5.72. The number of carbonyl (C=O) groups is 1. The first kappa shape index (κ1) is 28.5. The fourth-order valence-corrected chi connectivity index (χ4v) is 4.85. The molecule has 0 saturated heterocycles. The predicted octanol–water partition coefficient (Wildman–Crippen LogP) is 4.66. The van der Waals surface area contributed by atoms with E-state index >= 15 is 0 Å². The van der Waals surface area contributed by atoms with E-state index in [0.717, 1.165) is 4.31 Å². The van der Waals surface area contributed by atoms with Gasteiger partial charge in [-0.25, -0.2) is 13.8 Å². The maximum absolute atomic E-state index is 13.5. The molecule has 0 atom stereocenters. The molecule has 0 aliphatic carbocycles. The monoisotopic (exact) mass is 557 g/mol. The number of nitrogens with zero attached hydrogens (tertiary/aromatic N) is 2. The molecule has 0 aliphatic rings. The van der Waals surface area contributed by atoms with E-state index in [1.165, 1.54) is 37.6 Å². The van der Waals surface area contributed by atoms with Crippen molar-refractivity contribution in [3.63, 3.8) is 0 Å². The minimum Gasteiger partial charge on any atom is -0.494 e. The van der Waals surface area contributed by atoms with Gasteiger partial charge in [-0.05, 0) is 79.2 Å². The van der Waals surface area contributed by atoms with Crippen LogP contribution in [0.3, 0.4) is 0 Å². The molecule has 0 fully saturated rings. The van der Waals surface area contributed by atoms with Gasteiger partial charge in [-0.1, -0.05) is 24.3 Å². The third-order valence-corrected chi connectivity index (χ3v) is 7.11. The fraction of sp³-hybridized carbons (Fsp3) is 0.185. The summed E-state index contributed by atoms with van der Waals surface area (Å²) in [5, 5.41) is 4.35. The zero-order chi connectivity index (χ0) is 27.5. The summed E-state index contributed by atoms with van der Waals surface area (Å²) >= 11 is 5.93. The maximum Gasteiger partial charge on any atom is 0.264 e. The van der Waals surface area contributed by atoms with Gasteiger partial charge >= 0.3 is 0 Å². The van der Waals surface area contributed by atoms with Crippen LogP contribution < -0.4 is 23.9 Å². The highest BCUT2D eigenvalue weighted by atomic mass is 35.5. The van der Waals surface area contributed by atoms with Crippen molar-refractivity contribution < 1.29 is 27.4 Å². The van der Waals surface area contributed by atoms with Gasteiger partial charge in [-0.2, -0.15) is 5.10 Å². The van der Waals surface area contributed by atoms with Crippen LogP contribution in [0.2, 0.25) is 5.02 Å². The van der Waals surface area contributed by atoms with E-state index in [2.05, 4.69) is 17.1 Å². The molecule has 0 spiro atoms. The topological polar surface area (TPSA) is 107 Å². The molecular weight excluding hydrogens is 530 g/mol. The number of ether oxygens (including phenoxy) is 3. The van der Waals surface area contributed by atoms with Crippen molar-refractivity contribution in [2.75, 3.05) is 31.2 Å². The standard InChI is InChI=1S/C27H28ClN3O6S/c1-4-16-37-25-15-6-20(17-26(25)35-3)18-29-30-27(32)19-31(22-9-11-23(12-10-22)36-5-2)38(33,34)24-13-7-21(28)8-14-24/h4,6-15,17-18H,1,5,16,19H2,2-3H3,(H,30,32)/b29-18-. The van der Waals surface area contributed by atoms with Crippen LogP contribution >= 0.6 is 11.6 Å². The normalized spacial score (nSPS) is 11.1. The summed E-state index contributed by atoms with van der Waals surface area (Å²) in [6, 6.07) is 17.2. The lowest BCUT2D eigenvalue weighted by molar-refractivity contribution is -0.119. The van der Waals surface area contributed by atoms with Gasteiger partial charge in [0.2, 0.25) is 0 Å². The van der Waals surface area contributed by atoms with Gasteiger partial charge in [0, 0.05) is 5.02 Å². The third-order valence-electron chi connectivity index (χ3n) is 5.07. The zero-order valence-corrected chi connectivity index (χ0v) is 22.5. The first-order valence-electron chi connectivity index (χ1n) is 11.5. The van der Waals surface area contributed by atoms with Crippen LogP contribution in [0.1, 0.15) is 12.5 Å². The number of hydrogen-bond donors (Lipinski definition) is 1. The average molecular weight is 558 g/mol. The number of nitrogens with one attached hydrogen (secondary N) is 1. The minimum atomic E-state index is -4.11. The molecule has 0 aromatic heterocycles. The fourth-order valence-electron chi connectivity index (χ4n) is 3.30. The van der Waals surface area contributed by atoms with Crippen LogP contribution in [0.5, 0.6) is 17.2 Å². The Balaban J connectivity index is 1.80. The zero-order valence-electron chi connectivity index (χ0n) is 21.0. The van der Waals surface area contributed by atoms with E-state index in [1.54, 1.807) is 48.5 Å². The third kappa shape index (κ3) is 7.50. The van der Waals surface area contributed by atoms with Crippen molar-refractivity contribution in [3.8, 4) is 17.2 Å². The smallest absolute Gasteiger partial charge is 0.264 e. The molecule has 38 heavy (non-hydrogen) atoms. The van der Waals surface area contributed by atoms with Gasteiger partial charge in [-0.3, -0.25) is 9.10 Å². The molecule has 200 valence electrons. The van der Waals surface area contributed by atoms with Gasteiger partial charge < -0.3 is 14.2 Å². The lowest BCUT2D eigenvalue weighted by atomic mass is 10.2. The van der Waals surface area contributed by atoms with Crippen molar-refractivity contribution >= 4 is 39.4 Å². The second-order valence-corrected chi connectivity index (χ2v) is 9.99. The SMILES string of the molecule is C=CCOc1ccc(/C=N\NC(=O)CN(c2ccc(OCC)cc2)S(=O)(=O)c2ccc(Cl)cc2)cc1OC. The minimum absolute atomic E-state index is 0.0158. The predicted molar refractivity (Wildman–Crippen MR) is 148 cm³/mol. The molecule has 1 N–H and O–H groups in total. The number of hydrazone groups is 1. The lowest BCUT2D eigenvalue weighted by Crippen LogP contribution is -2.39. The summed E-state index contributed by atoms with van der Waals surface area (Å²) in [7, 11) is -2.60. The highest BCUT2D eigenvalue weighted by Crippen LogP contribution is 2.28. The van der Waals surface area contributed by atoms with Gasteiger partial charge in [0.05, 0.1) is 30.5 Å². The van der Waals surface area contributed by atoms with Crippen LogP contribution in [0, 0.1) is 0 Å². The second-order valence-electron chi connectivity index (χ2n) is 7.70. The van der Waals surface area contributed by atoms with Crippen molar-refractivity contribution in [2.24, 2.45) is 5.10 Å². The molecule has 3 aromatic carbocycles. The molecule has 1 amide bonds. The van der Waals surface area contributed by atoms with Crippen molar-refractivity contribution in [1.82, 2.24) is 5.43 Å². The summed E-state index contributed by atoms with van der Waals surface area (Å²) in [5.74, 6) is 0.945. The molecule has 0 saturated carbocycles. The van der Waals surface area contributed by atoms with E-state index in [1.807, 2.05) is 6.92 Å². The number of carbonyl (C=O) groups excluding carboxylic acids is 1. The van der Waals surface area contributed by atoms with Crippen LogP contribution in [0.4, 0.5) is 5.69 Å². The Morgan fingerprint density at radius 1 is 1.05 bits per heavy atom. The van der Waals surface area contributed by atoms with Gasteiger partial charge in [0.1, 0.15) is 18.9 Å². The summed E-state index contributed by atoms with van der Waals surface area (Å²) in [5.41, 5.74) is 3.29. The molecule has 11 heteroatoms. The maximum atomic E-state index is 13.5. The molecule has 0 unspecified atom stereocenters. The van der Waals surface area contributed by atoms with Gasteiger partial charge in [0.15, 0.2) is 11.5 Å². The molecule has 0 bridgehead atoms. The Morgan fingerprint density at radius 3 is 2.39 bits per heavy atom. The van der Waals surface area contributed by atoms with Crippen molar-refractivity contribution in [1.29, 1.82) is 0 Å². The summed E-state index contributed by atoms with van der Waals surface area (Å²) < 4.78 is 44.2. The van der Waals surface area contributed by atoms with Crippen molar-refractivity contribution in [3.05, 3.63) is 90.0 Å². The van der Waals surface area contributed by atoms with Crippen LogP contribution in [0.15, 0.2) is 89.4 Å². The number of hydrogen-bond acceptors (Lipinski definition) is 7. The van der Waals surface area contributed by atoms with E-state index in [9.17, 15) is 13.2 Å². The average Bonchev–Trinajstić information content (AvgIpc) is 2.91. The largest absolute Gasteiger partial charge is 0.494 e. The molecule has 3 aromatic rings. The van der Waals surface area contributed by atoms with E-state index in [-0.39, 0.29) is 10.6 Å². The second kappa shape index (κ2) is 13.5. The van der Waals surface area contributed by atoms with Gasteiger partial charge in [0.25, 0.3) is 15.9 Å². The van der Waals surface area contributed by atoms with Crippen LogP contribution in [-0.2, 0) is 14.8 Å². The number of anilines is 1. The number of methoxy groups -OCH3 is 1. The Labute approximate surface area is 227 Å². The van der Waals surface area contributed by atoms with E-state index in [4.69, 9.17) is 25.8 Å². The van der Waals surface area contributed by atoms with Crippen LogP contribution in [-0.4, -0.2) is 47.4 Å². The van der Waals surface area contributed by atoms with E-state index < -0.39 is 22.5 Å². The summed E-state index contributed by atoms with van der Waals surface area (Å²) in [4.78, 5) is 12.8. The molecule has 0 aliphatic heterocycles. The molecule has 3 rings (SSSR count). The molecule has 9 nitrogen and oxygen atoms in total. The van der Waals surface area contributed by atoms with Crippen LogP contribution in [0.25, 0.3) is 0 Å². The van der Waals surface area contributed by atoms with Gasteiger partial charge in [-0.15, -0.1) is 0 Å². The van der Waals surface area contributed by atoms with E-state index in [0.29, 0.717) is 41.0 Å². The number of halogens is 1. The highest BCUT2D eigenvalue weighted by Gasteiger charge is 2.27. The number of amides is 1. The lowest BCUT2D eigenvalue weighted by Gasteiger charge is -2.24. The Bertz CT molecular complexity index is 1380. The van der Waals surface area contributed by atoms with Crippen molar-refractivity contribution in [2.45, 2.75) is 11.8 Å². The Hall–Kier alpha value is -4.02. The highest BCUT2D eigenvalue weighted by molar-refractivity contribution is 7.92. The number of rotatable bonds is 13. The molecule has 0 heterocycles.